The molecule has 5 N–H and O–H groups in total. The van der Waals surface area contributed by atoms with Gasteiger partial charge < -0.3 is 20.9 Å². The van der Waals surface area contributed by atoms with Crippen LogP contribution in [0.1, 0.15) is 35.7 Å². The summed E-state index contributed by atoms with van der Waals surface area (Å²) in [6, 6.07) is 10.6. The fraction of sp³-hybridized carbons (Fsp3) is 0.300. The molecule has 3 aromatic rings. The monoisotopic (exact) mass is 361 g/mol. The van der Waals surface area contributed by atoms with Gasteiger partial charge in [0.05, 0.1) is 6.54 Å². The molecule has 1 aromatic carbocycles. The molecular formula is C20H23N7. The molecule has 27 heavy (non-hydrogen) atoms. The first-order valence-corrected chi connectivity index (χ1v) is 9.26. The number of aryl methyl sites for hydroxylation is 1. The second-order valence-corrected chi connectivity index (χ2v) is 7.44. The van der Waals surface area contributed by atoms with Gasteiger partial charge in [-0.15, -0.1) is 0 Å². The molecule has 2 aromatic heterocycles. The summed E-state index contributed by atoms with van der Waals surface area (Å²) in [7, 11) is 2.05. The molecule has 0 bridgehead atoms. The Morgan fingerprint density at radius 2 is 2.19 bits per heavy atom. The fourth-order valence-electron chi connectivity index (χ4n) is 3.51. The van der Waals surface area contributed by atoms with Crippen molar-refractivity contribution in [1.82, 2.24) is 25.4 Å². The van der Waals surface area contributed by atoms with E-state index in [9.17, 15) is 0 Å². The van der Waals surface area contributed by atoms with Gasteiger partial charge in [-0.1, -0.05) is 6.07 Å². The lowest BCUT2D eigenvalue weighted by atomic mass is 10.1. The van der Waals surface area contributed by atoms with Crippen LogP contribution in [0.5, 0.6) is 0 Å². The van der Waals surface area contributed by atoms with E-state index < -0.39 is 5.66 Å². The topological polar surface area (TPSA) is 96.0 Å². The number of hydrogen-bond donors (Lipinski definition) is 4. The minimum atomic E-state index is -0.864. The van der Waals surface area contributed by atoms with E-state index in [1.54, 1.807) is 0 Å². The van der Waals surface area contributed by atoms with Crippen LogP contribution in [0, 0.1) is 0 Å². The summed E-state index contributed by atoms with van der Waals surface area (Å²) in [6.07, 6.45) is 8.21. The lowest BCUT2D eigenvalue weighted by molar-refractivity contribution is 0.483. The maximum Gasteiger partial charge on any atom is 0.197 e. The van der Waals surface area contributed by atoms with Crippen molar-refractivity contribution in [3.8, 4) is 0 Å². The third-order valence-corrected chi connectivity index (χ3v) is 5.30. The van der Waals surface area contributed by atoms with Gasteiger partial charge in [0.1, 0.15) is 5.69 Å². The quantitative estimate of drug-likeness (QED) is 0.572. The number of aromatic nitrogens is 3. The van der Waals surface area contributed by atoms with Crippen LogP contribution >= 0.6 is 0 Å². The highest BCUT2D eigenvalue weighted by Gasteiger charge is 2.33. The SMILES string of the molecule is Cn1ccc2cc(CN=C3NC=CC(N)(c4cc(C5CC5)[nH]n4)N3)ccc21. The van der Waals surface area contributed by atoms with Crippen molar-refractivity contribution >= 4 is 16.9 Å². The number of nitrogens with one attached hydrogen (secondary N) is 3. The van der Waals surface area contributed by atoms with E-state index in [0.717, 1.165) is 11.3 Å². The van der Waals surface area contributed by atoms with Crippen molar-refractivity contribution in [3.05, 3.63) is 65.8 Å². The minimum absolute atomic E-state index is 0.567. The zero-order valence-electron chi connectivity index (χ0n) is 15.2. The first-order chi connectivity index (χ1) is 13.1. The summed E-state index contributed by atoms with van der Waals surface area (Å²) in [5.74, 6) is 1.26. The molecule has 1 aliphatic carbocycles. The van der Waals surface area contributed by atoms with Gasteiger partial charge in [0.2, 0.25) is 0 Å². The minimum Gasteiger partial charge on any atom is -0.351 e. The van der Waals surface area contributed by atoms with Crippen molar-refractivity contribution in [3.63, 3.8) is 0 Å². The second-order valence-electron chi connectivity index (χ2n) is 7.44. The number of hydrogen-bond acceptors (Lipinski definition) is 3. The van der Waals surface area contributed by atoms with E-state index in [0.29, 0.717) is 18.4 Å². The number of nitrogens with two attached hydrogens (primary N) is 1. The maximum absolute atomic E-state index is 6.55. The van der Waals surface area contributed by atoms with Crippen LogP contribution in [0.25, 0.3) is 10.9 Å². The summed E-state index contributed by atoms with van der Waals surface area (Å²) in [5, 5.41) is 15.2. The molecule has 1 atom stereocenters. The van der Waals surface area contributed by atoms with Crippen LogP contribution in [0.15, 0.2) is 53.8 Å². The Bertz CT molecular complexity index is 1050. The van der Waals surface area contributed by atoms with Gasteiger partial charge >= 0.3 is 0 Å². The number of rotatable bonds is 4. The molecule has 1 saturated carbocycles. The van der Waals surface area contributed by atoms with Gasteiger partial charge in [0.15, 0.2) is 11.6 Å². The molecule has 1 aliphatic heterocycles. The number of aliphatic imine (C=N–C) groups is 1. The Hall–Kier alpha value is -3.06. The lowest BCUT2D eigenvalue weighted by Gasteiger charge is -2.30. The Balaban J connectivity index is 1.34. The predicted octanol–water partition coefficient (Wildman–Crippen LogP) is 2.15. The van der Waals surface area contributed by atoms with Gasteiger partial charge in [0, 0.05) is 36.6 Å². The Morgan fingerprint density at radius 3 is 3.04 bits per heavy atom. The summed E-state index contributed by atoms with van der Waals surface area (Å²) in [6.45, 7) is 0.567. The predicted molar refractivity (Wildman–Crippen MR) is 106 cm³/mol. The lowest BCUT2D eigenvalue weighted by Crippen LogP contribution is -2.57. The molecule has 0 radical (unpaired) electrons. The van der Waals surface area contributed by atoms with Crippen LogP contribution in [0.4, 0.5) is 0 Å². The molecule has 2 aliphatic rings. The number of H-pyrrole nitrogens is 1. The van der Waals surface area contributed by atoms with Gasteiger partial charge in [-0.3, -0.25) is 5.10 Å². The molecule has 0 spiro atoms. The average molecular weight is 361 g/mol. The van der Waals surface area contributed by atoms with E-state index >= 15 is 0 Å². The van der Waals surface area contributed by atoms with Crippen LogP contribution in [-0.2, 0) is 19.3 Å². The third-order valence-electron chi connectivity index (χ3n) is 5.30. The van der Waals surface area contributed by atoms with E-state index in [1.807, 2.05) is 12.3 Å². The molecule has 0 amide bonds. The van der Waals surface area contributed by atoms with Gasteiger partial charge in [-0.05, 0) is 54.1 Å². The standard InChI is InChI=1S/C20H23N7/c1-27-9-6-15-10-13(2-5-17(15)27)12-23-19-22-8-7-20(21,24-19)18-11-16(25-26-18)14-3-4-14/h2,5-11,14H,3-4,12,21H2,1H3,(H,25,26)(H2,22,23,24). The maximum atomic E-state index is 6.55. The van der Waals surface area contributed by atoms with E-state index in [1.165, 1.54) is 29.4 Å². The molecule has 138 valence electrons. The van der Waals surface area contributed by atoms with Gasteiger partial charge in [-0.25, -0.2) is 4.99 Å². The first-order valence-electron chi connectivity index (χ1n) is 9.26. The van der Waals surface area contributed by atoms with E-state index in [-0.39, 0.29) is 0 Å². The van der Waals surface area contributed by atoms with Gasteiger partial charge in [-0.2, -0.15) is 5.10 Å². The summed E-state index contributed by atoms with van der Waals surface area (Å²) in [5.41, 5.74) is 9.99. The van der Waals surface area contributed by atoms with Crippen LogP contribution in [-0.4, -0.2) is 20.7 Å². The Kier molecular flexibility index (Phi) is 3.58. The number of guanidine groups is 1. The van der Waals surface area contributed by atoms with Crippen molar-refractivity contribution in [2.75, 3.05) is 0 Å². The highest BCUT2D eigenvalue weighted by molar-refractivity contribution is 5.83. The highest BCUT2D eigenvalue weighted by Crippen LogP contribution is 2.39. The molecule has 1 fully saturated rings. The smallest absolute Gasteiger partial charge is 0.197 e. The fourth-order valence-corrected chi connectivity index (χ4v) is 3.51. The number of benzene rings is 1. The molecule has 7 nitrogen and oxygen atoms in total. The summed E-state index contributed by atoms with van der Waals surface area (Å²) >= 11 is 0. The van der Waals surface area contributed by atoms with Crippen molar-refractivity contribution < 1.29 is 0 Å². The molecule has 1 unspecified atom stereocenters. The normalized spacial score (nSPS) is 23.6. The van der Waals surface area contributed by atoms with E-state index in [4.69, 9.17) is 5.73 Å². The Morgan fingerprint density at radius 1 is 1.30 bits per heavy atom. The number of nitrogens with zero attached hydrogens (tertiary/aromatic N) is 3. The first kappa shape index (κ1) is 16.1. The zero-order chi connectivity index (χ0) is 18.4. The van der Waals surface area contributed by atoms with Crippen molar-refractivity contribution in [2.24, 2.45) is 17.8 Å². The molecule has 5 rings (SSSR count). The van der Waals surface area contributed by atoms with Gasteiger partial charge in [0.25, 0.3) is 0 Å². The molecule has 0 saturated heterocycles. The van der Waals surface area contributed by atoms with Crippen LogP contribution in [0.3, 0.4) is 0 Å². The summed E-state index contributed by atoms with van der Waals surface area (Å²) < 4.78 is 2.11. The van der Waals surface area contributed by atoms with E-state index in [2.05, 4.69) is 74.0 Å². The third kappa shape index (κ3) is 3.00. The number of aromatic amines is 1. The van der Waals surface area contributed by atoms with Crippen molar-refractivity contribution in [1.29, 1.82) is 0 Å². The summed E-state index contributed by atoms with van der Waals surface area (Å²) in [4.78, 5) is 4.66. The van der Waals surface area contributed by atoms with Crippen molar-refractivity contribution in [2.45, 2.75) is 31.0 Å². The largest absolute Gasteiger partial charge is 0.351 e. The Labute approximate surface area is 157 Å². The molecule has 3 heterocycles. The zero-order valence-corrected chi connectivity index (χ0v) is 15.2. The molecule has 7 heteroatoms. The number of fused-ring (bicyclic) bond motifs is 1. The average Bonchev–Trinajstić information content (AvgIpc) is 3.28. The second kappa shape index (κ2) is 5.99. The molecular weight excluding hydrogens is 338 g/mol. The highest BCUT2D eigenvalue weighted by atomic mass is 15.3. The van der Waals surface area contributed by atoms with Crippen LogP contribution in [0.2, 0.25) is 0 Å². The van der Waals surface area contributed by atoms with Crippen LogP contribution < -0.4 is 16.4 Å².